The Morgan fingerprint density at radius 2 is 2.12 bits per heavy atom. The Balaban J connectivity index is 3.11. The van der Waals surface area contributed by atoms with E-state index < -0.39 is 0 Å². The van der Waals surface area contributed by atoms with E-state index in [1.807, 2.05) is 31.2 Å². The third-order valence-electron chi connectivity index (χ3n) is 2.33. The van der Waals surface area contributed by atoms with Crippen molar-refractivity contribution in [2.45, 2.75) is 19.4 Å². The van der Waals surface area contributed by atoms with Crippen LogP contribution >= 0.6 is 0 Å². The number of hydrogen-bond donors (Lipinski definition) is 1. The van der Waals surface area contributed by atoms with E-state index in [-0.39, 0.29) is 6.04 Å². The summed E-state index contributed by atoms with van der Waals surface area (Å²) in [4.78, 5) is 0. The number of hydrogen-bond acceptors (Lipinski definition) is 2. The summed E-state index contributed by atoms with van der Waals surface area (Å²) >= 11 is 0. The van der Waals surface area contributed by atoms with Gasteiger partial charge in [0.25, 0.3) is 0 Å². The molecule has 0 saturated carbocycles. The van der Waals surface area contributed by atoms with Gasteiger partial charge < -0.3 is 10.5 Å². The maximum atomic E-state index is 5.92. The highest BCUT2D eigenvalue weighted by Gasteiger charge is 2.11. The minimum atomic E-state index is -0.0374. The van der Waals surface area contributed by atoms with Gasteiger partial charge in [0.15, 0.2) is 0 Å². The smallest absolute Gasteiger partial charge is 0.128 e. The van der Waals surface area contributed by atoms with E-state index in [9.17, 15) is 0 Å². The van der Waals surface area contributed by atoms with Crippen LogP contribution in [0.5, 0.6) is 5.75 Å². The first-order chi connectivity index (χ1) is 7.70. The van der Waals surface area contributed by atoms with Crippen LogP contribution in [-0.2, 0) is 6.42 Å². The fraction of sp³-hybridized carbons (Fsp3) is 0.286. The van der Waals surface area contributed by atoms with Gasteiger partial charge in [0.2, 0.25) is 0 Å². The molecule has 1 aromatic rings. The molecule has 2 N–H and O–H groups in total. The fourth-order valence-electron chi connectivity index (χ4n) is 1.60. The second-order valence-electron chi connectivity index (χ2n) is 3.72. The van der Waals surface area contributed by atoms with Crippen LogP contribution in [0.4, 0.5) is 0 Å². The van der Waals surface area contributed by atoms with Crippen molar-refractivity contribution >= 4 is 0 Å². The molecule has 16 heavy (non-hydrogen) atoms. The second-order valence-corrected chi connectivity index (χ2v) is 3.72. The van der Waals surface area contributed by atoms with Crippen LogP contribution in [0.25, 0.3) is 0 Å². The van der Waals surface area contributed by atoms with Gasteiger partial charge >= 0.3 is 0 Å². The van der Waals surface area contributed by atoms with Crippen LogP contribution in [0.15, 0.2) is 43.5 Å². The summed E-state index contributed by atoms with van der Waals surface area (Å²) in [6.07, 6.45) is 4.38. The first-order valence-corrected chi connectivity index (χ1v) is 5.42. The van der Waals surface area contributed by atoms with Crippen molar-refractivity contribution in [3.05, 3.63) is 54.6 Å². The summed E-state index contributed by atoms with van der Waals surface area (Å²) in [5.41, 5.74) is 8.07. The lowest BCUT2D eigenvalue weighted by Gasteiger charge is -2.16. The molecule has 0 aliphatic rings. The van der Waals surface area contributed by atoms with E-state index in [2.05, 4.69) is 13.2 Å². The highest BCUT2D eigenvalue weighted by Crippen LogP contribution is 2.28. The summed E-state index contributed by atoms with van der Waals surface area (Å²) in [7, 11) is 0. The number of para-hydroxylation sites is 1. The minimum absolute atomic E-state index is 0.0374. The Hall–Kier alpha value is -1.54. The summed E-state index contributed by atoms with van der Waals surface area (Å²) in [6, 6.07) is 5.99. The van der Waals surface area contributed by atoms with Crippen molar-refractivity contribution in [1.82, 2.24) is 0 Å². The highest BCUT2D eigenvalue weighted by atomic mass is 16.5. The summed E-state index contributed by atoms with van der Waals surface area (Å²) in [5.74, 6) is 0.873. The Kier molecular flexibility index (Phi) is 4.80. The molecule has 0 radical (unpaired) electrons. The first-order valence-electron chi connectivity index (χ1n) is 5.42. The predicted molar refractivity (Wildman–Crippen MR) is 68.6 cm³/mol. The molecular formula is C14H19NO. The van der Waals surface area contributed by atoms with E-state index in [4.69, 9.17) is 10.5 Å². The van der Waals surface area contributed by atoms with Crippen molar-refractivity contribution < 1.29 is 4.74 Å². The van der Waals surface area contributed by atoms with Gasteiger partial charge in [-0.25, -0.2) is 0 Å². The van der Waals surface area contributed by atoms with E-state index in [1.165, 1.54) is 0 Å². The van der Waals surface area contributed by atoms with E-state index >= 15 is 0 Å². The standard InChI is InChI=1S/C14H19NO/c1-4-7-12-8-6-9-13(11(3)15)14(12)16-10-5-2/h4-6,8-9,11H,1-2,7,10,15H2,3H3. The quantitative estimate of drug-likeness (QED) is 0.743. The lowest BCUT2D eigenvalue weighted by molar-refractivity contribution is 0.353. The number of nitrogens with two attached hydrogens (primary N) is 1. The molecule has 1 unspecified atom stereocenters. The third kappa shape index (κ3) is 2.97. The van der Waals surface area contributed by atoms with Gasteiger partial charge in [-0.05, 0) is 18.9 Å². The molecule has 0 aromatic heterocycles. The second kappa shape index (κ2) is 6.13. The minimum Gasteiger partial charge on any atom is -0.489 e. The van der Waals surface area contributed by atoms with Crippen molar-refractivity contribution in [2.75, 3.05) is 6.61 Å². The molecule has 0 amide bonds. The Bertz CT molecular complexity index is 369. The van der Waals surface area contributed by atoms with Gasteiger partial charge in [-0.1, -0.05) is 36.9 Å². The molecule has 0 aliphatic carbocycles. The van der Waals surface area contributed by atoms with Gasteiger partial charge in [0.1, 0.15) is 12.4 Å². The zero-order valence-electron chi connectivity index (χ0n) is 9.78. The zero-order valence-corrected chi connectivity index (χ0v) is 9.78. The van der Waals surface area contributed by atoms with E-state index in [0.717, 1.165) is 23.3 Å². The molecule has 1 rings (SSSR count). The van der Waals surface area contributed by atoms with Crippen LogP contribution in [0.2, 0.25) is 0 Å². The summed E-state index contributed by atoms with van der Waals surface area (Å²) < 4.78 is 5.69. The predicted octanol–water partition coefficient (Wildman–Crippen LogP) is 3.00. The van der Waals surface area contributed by atoms with Crippen molar-refractivity contribution in [3.8, 4) is 5.75 Å². The van der Waals surface area contributed by atoms with Gasteiger partial charge in [0, 0.05) is 11.6 Å². The van der Waals surface area contributed by atoms with Crippen molar-refractivity contribution in [2.24, 2.45) is 5.73 Å². The zero-order chi connectivity index (χ0) is 12.0. The maximum Gasteiger partial charge on any atom is 0.128 e. The van der Waals surface area contributed by atoms with Gasteiger partial charge in [-0.3, -0.25) is 0 Å². The highest BCUT2D eigenvalue weighted by molar-refractivity contribution is 5.44. The largest absolute Gasteiger partial charge is 0.489 e. The molecule has 1 atom stereocenters. The number of ether oxygens (including phenoxy) is 1. The van der Waals surface area contributed by atoms with E-state index in [0.29, 0.717) is 6.61 Å². The topological polar surface area (TPSA) is 35.2 Å². The molecule has 0 spiro atoms. The number of benzene rings is 1. The Morgan fingerprint density at radius 3 is 2.69 bits per heavy atom. The molecule has 1 aromatic carbocycles. The lowest BCUT2D eigenvalue weighted by atomic mass is 10.0. The molecule has 0 bridgehead atoms. The molecule has 2 nitrogen and oxygen atoms in total. The molecule has 0 aliphatic heterocycles. The van der Waals surface area contributed by atoms with Gasteiger partial charge in [-0.2, -0.15) is 0 Å². The van der Waals surface area contributed by atoms with Crippen LogP contribution in [0.3, 0.4) is 0 Å². The molecule has 2 heteroatoms. The Labute approximate surface area is 97.4 Å². The van der Waals surface area contributed by atoms with Gasteiger partial charge in [-0.15, -0.1) is 6.58 Å². The third-order valence-corrected chi connectivity index (χ3v) is 2.33. The summed E-state index contributed by atoms with van der Waals surface area (Å²) in [5, 5.41) is 0. The van der Waals surface area contributed by atoms with E-state index in [1.54, 1.807) is 6.08 Å². The van der Waals surface area contributed by atoms with Crippen LogP contribution in [-0.4, -0.2) is 6.61 Å². The van der Waals surface area contributed by atoms with Crippen molar-refractivity contribution in [1.29, 1.82) is 0 Å². The lowest BCUT2D eigenvalue weighted by Crippen LogP contribution is -2.09. The number of rotatable bonds is 6. The fourth-order valence-corrected chi connectivity index (χ4v) is 1.60. The summed E-state index contributed by atoms with van der Waals surface area (Å²) in [6.45, 7) is 9.84. The monoisotopic (exact) mass is 217 g/mol. The molecular weight excluding hydrogens is 198 g/mol. The molecule has 0 fully saturated rings. The Morgan fingerprint density at radius 1 is 1.38 bits per heavy atom. The maximum absolute atomic E-state index is 5.92. The average Bonchev–Trinajstić information content (AvgIpc) is 2.27. The van der Waals surface area contributed by atoms with Crippen LogP contribution in [0, 0.1) is 0 Å². The first kappa shape index (κ1) is 12.5. The normalized spacial score (nSPS) is 11.9. The molecule has 0 saturated heterocycles. The molecule has 86 valence electrons. The van der Waals surface area contributed by atoms with Gasteiger partial charge in [0.05, 0.1) is 0 Å². The van der Waals surface area contributed by atoms with Crippen LogP contribution < -0.4 is 10.5 Å². The van der Waals surface area contributed by atoms with Crippen LogP contribution in [0.1, 0.15) is 24.1 Å². The SMILES string of the molecule is C=CCOc1c(CC=C)cccc1C(C)N. The average molecular weight is 217 g/mol. The van der Waals surface area contributed by atoms with Crippen molar-refractivity contribution in [3.63, 3.8) is 0 Å². The molecule has 0 heterocycles. The number of allylic oxidation sites excluding steroid dienone is 1.